The molecule has 58 heavy (non-hydrogen) atoms. The number of hydrogen-bond donors (Lipinski definition) is 2. The van der Waals surface area contributed by atoms with Crippen LogP contribution >= 0.6 is 0 Å². The Hall–Kier alpha value is -3.98. The number of halogens is 2. The van der Waals surface area contributed by atoms with Crippen molar-refractivity contribution in [3.8, 4) is 33.8 Å². The van der Waals surface area contributed by atoms with Gasteiger partial charge in [0.2, 0.25) is 0 Å². The lowest BCUT2D eigenvalue weighted by Crippen LogP contribution is -3.00. The third-order valence-electron chi connectivity index (χ3n) is 12.3. The zero-order valence-electron chi connectivity index (χ0n) is 33.7. The second-order valence-corrected chi connectivity index (χ2v) is 16.7. The van der Waals surface area contributed by atoms with Gasteiger partial charge in [-0.3, -0.25) is 0 Å². The Balaban J connectivity index is 0.00000256. The highest BCUT2D eigenvalue weighted by Crippen LogP contribution is 2.34. The van der Waals surface area contributed by atoms with Gasteiger partial charge in [0.05, 0.1) is 63.1 Å². The molecule has 7 heterocycles. The summed E-state index contributed by atoms with van der Waals surface area (Å²) in [6, 6.07) is 29.7. The summed E-state index contributed by atoms with van der Waals surface area (Å²) < 4.78 is 14.7. The Bertz CT molecular complexity index is 2330. The summed E-state index contributed by atoms with van der Waals surface area (Å²) in [7, 11) is 4.73. The third kappa shape index (κ3) is 9.72. The van der Waals surface area contributed by atoms with Crippen molar-refractivity contribution in [2.75, 3.05) is 66.6 Å². The summed E-state index contributed by atoms with van der Waals surface area (Å²) in [5.74, 6) is 1.80. The fraction of sp³-hybridized carbons (Fsp3) is 0.333. The number of nitrogens with one attached hydrogen (secondary N) is 2. The Morgan fingerprint density at radius 1 is 0.500 bits per heavy atom. The van der Waals surface area contributed by atoms with E-state index < -0.39 is 0 Å². The largest absolute Gasteiger partial charge is 1.00 e. The monoisotopic (exact) mass is 1000 g/mol. The van der Waals surface area contributed by atoms with Crippen molar-refractivity contribution in [2.24, 2.45) is 0 Å². The maximum absolute atomic E-state index is 6.26. The highest BCUT2D eigenvalue weighted by Gasteiger charge is 2.25. The van der Waals surface area contributed by atoms with E-state index in [1.807, 2.05) is 0 Å². The molecule has 302 valence electrons. The molecule has 8 bridgehead atoms. The minimum Gasteiger partial charge on any atom is -1.00 e. The number of fused-ring (bicyclic) bond motifs is 8. The predicted octanol–water partition coefficient (Wildman–Crippen LogP) is 4.02. The number of rotatable bonds is 10. The minimum atomic E-state index is 0. The highest BCUT2D eigenvalue weighted by atomic mass is 127. The van der Waals surface area contributed by atoms with Gasteiger partial charge in [-0.2, -0.15) is 0 Å². The van der Waals surface area contributed by atoms with Gasteiger partial charge in [-0.25, -0.2) is 9.97 Å². The first kappa shape index (κ1) is 42.2. The molecule has 4 aliphatic heterocycles. The lowest BCUT2D eigenvalue weighted by Gasteiger charge is -2.37. The van der Waals surface area contributed by atoms with Crippen molar-refractivity contribution in [1.82, 2.24) is 19.9 Å². The number of nitrogens with zero attached hydrogens (tertiary/aromatic N) is 4. The molecule has 9 rings (SSSR count). The van der Waals surface area contributed by atoms with E-state index >= 15 is 0 Å². The van der Waals surface area contributed by atoms with Crippen LogP contribution in [0.2, 0.25) is 0 Å². The smallest absolute Gasteiger partial charge is 0.137 e. The molecule has 10 heteroatoms. The lowest BCUT2D eigenvalue weighted by molar-refractivity contribution is -0.914. The molecule has 2 fully saturated rings. The zero-order chi connectivity index (χ0) is 38.0. The summed E-state index contributed by atoms with van der Waals surface area (Å²) in [4.78, 5) is 17.6. The zero-order valence-corrected chi connectivity index (χ0v) is 38.0. The van der Waals surface area contributed by atoms with Gasteiger partial charge < -0.3 is 76.4 Å². The second-order valence-electron chi connectivity index (χ2n) is 16.7. The molecule has 3 aromatic heterocycles. The van der Waals surface area contributed by atoms with E-state index in [2.05, 4.69) is 133 Å². The SMILES string of the molecule is C[N+]1(CCOc2ccc(-c3c4nc(cc5ccc([nH]5)c(-c5ccc(OCC[N+]6(C)CCCCC6)cc5)c5ccc(cc6nc3C=C6)[nH]5)C=C4)cc2)CCCCC1.[I-].[I-]. The van der Waals surface area contributed by atoms with Crippen LogP contribution in [0.5, 0.6) is 11.5 Å². The first-order valence-electron chi connectivity index (χ1n) is 20.6. The number of benzene rings is 2. The van der Waals surface area contributed by atoms with Gasteiger partial charge in [0, 0.05) is 33.2 Å². The summed E-state index contributed by atoms with van der Waals surface area (Å²) >= 11 is 0. The number of piperidine rings is 2. The van der Waals surface area contributed by atoms with Gasteiger partial charge >= 0.3 is 0 Å². The molecule has 0 atom stereocenters. The van der Waals surface area contributed by atoms with E-state index in [0.717, 1.165) is 114 Å². The molecule has 0 spiro atoms. The molecule has 0 aliphatic carbocycles. The van der Waals surface area contributed by atoms with Crippen LogP contribution < -0.4 is 57.4 Å². The number of H-pyrrole nitrogens is 2. The van der Waals surface area contributed by atoms with E-state index in [4.69, 9.17) is 19.4 Å². The molecule has 4 aliphatic rings. The standard InChI is InChI=1S/C48H54N6O2.2HI/c1-53(25-5-3-6-26-53)29-31-55-41-17-9-35(10-18-41)47-43-21-13-37(49-43)33-39-15-23-45(51-39)48(46-24-16-40(52-46)34-38-14-22-44(47)50-38)36-11-19-42(20-12-36)56-32-30-54(2)27-7-4-8-28-54;;/h9-24,33-34,49-50H,3-8,25-32H2,1-2H3;2*1H/q+2;;/p-2. The van der Waals surface area contributed by atoms with Gasteiger partial charge in [-0.15, -0.1) is 0 Å². The number of aromatic nitrogens is 4. The molecule has 8 nitrogen and oxygen atoms in total. The molecule has 2 N–H and O–H groups in total. The minimum absolute atomic E-state index is 0. The van der Waals surface area contributed by atoms with Gasteiger partial charge in [0.15, 0.2) is 0 Å². The summed E-state index contributed by atoms with van der Waals surface area (Å²) in [5.41, 5.74) is 11.8. The summed E-state index contributed by atoms with van der Waals surface area (Å²) in [6.45, 7) is 8.53. The van der Waals surface area contributed by atoms with Crippen molar-refractivity contribution < 1.29 is 66.4 Å². The number of likely N-dealkylation sites (N-methyl/N-ethyl adjacent to an activating group) is 2. The van der Waals surface area contributed by atoms with Gasteiger partial charge in [0.1, 0.15) is 37.8 Å². The van der Waals surface area contributed by atoms with Crippen LogP contribution in [0.3, 0.4) is 0 Å². The Morgan fingerprint density at radius 2 is 0.914 bits per heavy atom. The lowest BCUT2D eigenvalue weighted by atomic mass is 10.0. The van der Waals surface area contributed by atoms with Crippen LogP contribution in [-0.4, -0.2) is 95.5 Å². The third-order valence-corrected chi connectivity index (χ3v) is 12.3. The Labute approximate surface area is 376 Å². The van der Waals surface area contributed by atoms with Crippen LogP contribution in [0, 0.1) is 0 Å². The Kier molecular flexibility index (Phi) is 13.5. The fourth-order valence-electron chi connectivity index (χ4n) is 8.88. The molecular weight excluding hydrogens is 946 g/mol. The second kappa shape index (κ2) is 18.5. The Morgan fingerprint density at radius 3 is 1.34 bits per heavy atom. The first-order chi connectivity index (χ1) is 27.4. The molecular formula is C48H54I2N6O2. The van der Waals surface area contributed by atoms with Crippen molar-refractivity contribution in [1.29, 1.82) is 0 Å². The van der Waals surface area contributed by atoms with E-state index in [1.54, 1.807) is 0 Å². The maximum atomic E-state index is 6.26. The normalized spacial score (nSPS) is 16.6. The number of ether oxygens (including phenoxy) is 2. The number of quaternary nitrogens is 2. The molecule has 0 amide bonds. The predicted molar refractivity (Wildman–Crippen MR) is 230 cm³/mol. The number of aromatic amines is 2. The van der Waals surface area contributed by atoms with Crippen LogP contribution in [-0.2, 0) is 0 Å². The van der Waals surface area contributed by atoms with Crippen LogP contribution in [0.15, 0.2) is 84.9 Å². The molecule has 2 saturated heterocycles. The van der Waals surface area contributed by atoms with Gasteiger partial charge in [-0.1, -0.05) is 24.3 Å². The molecule has 0 radical (unpaired) electrons. The van der Waals surface area contributed by atoms with Crippen LogP contribution in [0.25, 0.3) is 68.6 Å². The number of hydrogen-bond acceptors (Lipinski definition) is 4. The van der Waals surface area contributed by atoms with E-state index in [-0.39, 0.29) is 48.0 Å². The van der Waals surface area contributed by atoms with Crippen LogP contribution in [0.1, 0.15) is 61.3 Å². The topological polar surface area (TPSA) is 75.8 Å². The van der Waals surface area contributed by atoms with E-state index in [0.29, 0.717) is 0 Å². The quantitative estimate of drug-likeness (QED) is 0.161. The number of likely N-dealkylation sites (tertiary alicyclic amines) is 2. The van der Waals surface area contributed by atoms with Gasteiger partial charge in [0.25, 0.3) is 0 Å². The van der Waals surface area contributed by atoms with E-state index in [9.17, 15) is 0 Å². The molecule has 0 saturated carbocycles. The maximum Gasteiger partial charge on any atom is 0.137 e. The summed E-state index contributed by atoms with van der Waals surface area (Å²) in [6.07, 6.45) is 16.3. The fourth-order valence-corrected chi connectivity index (χ4v) is 8.88. The molecule has 0 unspecified atom stereocenters. The highest BCUT2D eigenvalue weighted by molar-refractivity contribution is 5.94. The first-order valence-corrected chi connectivity index (χ1v) is 20.6. The average molecular weight is 1000 g/mol. The van der Waals surface area contributed by atoms with Crippen molar-refractivity contribution in [3.63, 3.8) is 0 Å². The molecule has 2 aromatic carbocycles. The van der Waals surface area contributed by atoms with Crippen molar-refractivity contribution >= 4 is 46.4 Å². The van der Waals surface area contributed by atoms with Crippen molar-refractivity contribution in [2.45, 2.75) is 38.5 Å². The average Bonchev–Trinajstić information content (AvgIpc) is 4.04. The molecule has 5 aromatic rings. The van der Waals surface area contributed by atoms with Crippen LogP contribution in [0.4, 0.5) is 0 Å². The summed E-state index contributed by atoms with van der Waals surface area (Å²) in [5, 5.41) is 0. The van der Waals surface area contributed by atoms with Gasteiger partial charge in [-0.05, 0) is 135 Å². The van der Waals surface area contributed by atoms with Crippen molar-refractivity contribution in [3.05, 3.63) is 108 Å². The van der Waals surface area contributed by atoms with E-state index in [1.165, 1.54) is 64.7 Å².